The molecule has 0 amide bonds. The van der Waals surface area contributed by atoms with E-state index in [0.29, 0.717) is 19.6 Å². The van der Waals surface area contributed by atoms with Crippen LogP contribution in [0.5, 0.6) is 0 Å². The van der Waals surface area contributed by atoms with Crippen LogP contribution in [0.25, 0.3) is 11.4 Å². The smallest absolute Gasteiger partial charge is 0.317 e. The number of rotatable bonds is 3. The van der Waals surface area contributed by atoms with E-state index in [-0.39, 0.29) is 6.54 Å². The zero-order valence-corrected chi connectivity index (χ0v) is 11.1. The third-order valence-corrected chi connectivity index (χ3v) is 3.42. The van der Waals surface area contributed by atoms with Gasteiger partial charge in [0.15, 0.2) is 5.82 Å². The molecule has 0 saturated heterocycles. The number of carbonyl (C=O) groups is 1. The second-order valence-electron chi connectivity index (χ2n) is 4.86. The Bertz CT molecular complexity index is 583. The maximum Gasteiger partial charge on any atom is 0.317 e. The third-order valence-electron chi connectivity index (χ3n) is 3.42. The molecular formula is C14H16N4O2. The lowest BCUT2D eigenvalue weighted by Crippen LogP contribution is -2.32. The van der Waals surface area contributed by atoms with Crippen LogP contribution in [-0.4, -0.2) is 50.4 Å². The number of carboxylic acids is 1. The lowest BCUT2D eigenvalue weighted by atomic mass is 10.2. The van der Waals surface area contributed by atoms with Gasteiger partial charge < -0.3 is 5.11 Å². The number of fused-ring (bicyclic) bond motifs is 1. The van der Waals surface area contributed by atoms with E-state index in [0.717, 1.165) is 23.6 Å². The summed E-state index contributed by atoms with van der Waals surface area (Å²) in [5.41, 5.74) is 1.01. The van der Waals surface area contributed by atoms with E-state index >= 15 is 0 Å². The molecule has 1 aliphatic heterocycles. The normalized spacial score (nSPS) is 15.6. The number of nitrogens with zero attached hydrogens (tertiary/aromatic N) is 4. The molecule has 0 unspecified atom stereocenters. The van der Waals surface area contributed by atoms with Gasteiger partial charge in [0.05, 0.1) is 13.1 Å². The van der Waals surface area contributed by atoms with Crippen LogP contribution in [-0.2, 0) is 17.8 Å². The van der Waals surface area contributed by atoms with Crippen molar-refractivity contribution in [1.29, 1.82) is 0 Å². The quantitative estimate of drug-likeness (QED) is 0.898. The first kappa shape index (κ1) is 12.8. The summed E-state index contributed by atoms with van der Waals surface area (Å²) in [6, 6.07) is 9.89. The SMILES string of the molecule is O=C(O)CN1CCc2nc(-c3ccccc3)nn2CC1. The van der Waals surface area contributed by atoms with E-state index < -0.39 is 5.97 Å². The van der Waals surface area contributed by atoms with Gasteiger partial charge in [0.25, 0.3) is 0 Å². The highest BCUT2D eigenvalue weighted by Crippen LogP contribution is 2.16. The molecule has 0 aliphatic carbocycles. The molecule has 0 fully saturated rings. The Morgan fingerprint density at radius 2 is 2.00 bits per heavy atom. The van der Waals surface area contributed by atoms with E-state index in [4.69, 9.17) is 5.11 Å². The van der Waals surface area contributed by atoms with Gasteiger partial charge in [-0.2, -0.15) is 5.10 Å². The van der Waals surface area contributed by atoms with Crippen LogP contribution < -0.4 is 0 Å². The molecule has 3 rings (SSSR count). The van der Waals surface area contributed by atoms with Crippen molar-refractivity contribution < 1.29 is 9.90 Å². The monoisotopic (exact) mass is 272 g/mol. The van der Waals surface area contributed by atoms with Gasteiger partial charge in [0.1, 0.15) is 5.82 Å². The van der Waals surface area contributed by atoms with Crippen LogP contribution in [0.3, 0.4) is 0 Å². The van der Waals surface area contributed by atoms with Gasteiger partial charge in [0, 0.05) is 25.1 Å². The van der Waals surface area contributed by atoms with Crippen molar-refractivity contribution >= 4 is 5.97 Å². The van der Waals surface area contributed by atoms with Crippen LogP contribution >= 0.6 is 0 Å². The summed E-state index contributed by atoms with van der Waals surface area (Å²) in [6.07, 6.45) is 0.729. The molecule has 1 aliphatic rings. The van der Waals surface area contributed by atoms with E-state index in [2.05, 4.69) is 10.1 Å². The topological polar surface area (TPSA) is 71.2 Å². The third kappa shape index (κ3) is 2.70. The standard InChI is InChI=1S/C14H16N4O2/c19-13(20)10-17-7-6-12-15-14(16-18(12)9-8-17)11-4-2-1-3-5-11/h1-5H,6-10H2,(H,19,20). The number of hydrogen-bond donors (Lipinski definition) is 1. The highest BCUT2D eigenvalue weighted by molar-refractivity contribution is 5.69. The van der Waals surface area contributed by atoms with Gasteiger partial charge in [-0.1, -0.05) is 30.3 Å². The fourth-order valence-corrected chi connectivity index (χ4v) is 2.40. The van der Waals surface area contributed by atoms with Crippen molar-refractivity contribution in [3.8, 4) is 11.4 Å². The fraction of sp³-hybridized carbons (Fsp3) is 0.357. The molecular weight excluding hydrogens is 256 g/mol. The molecule has 1 aromatic carbocycles. The predicted molar refractivity (Wildman–Crippen MR) is 73.2 cm³/mol. The average Bonchev–Trinajstić information content (AvgIpc) is 2.77. The molecule has 0 spiro atoms. The fourth-order valence-electron chi connectivity index (χ4n) is 2.40. The van der Waals surface area contributed by atoms with Crippen LogP contribution in [0, 0.1) is 0 Å². The molecule has 0 saturated carbocycles. The van der Waals surface area contributed by atoms with Crippen LogP contribution in [0.1, 0.15) is 5.82 Å². The van der Waals surface area contributed by atoms with E-state index in [1.54, 1.807) is 0 Å². The van der Waals surface area contributed by atoms with E-state index in [1.165, 1.54) is 0 Å². The first-order chi connectivity index (χ1) is 9.72. The second-order valence-corrected chi connectivity index (χ2v) is 4.86. The molecule has 1 aromatic heterocycles. The summed E-state index contributed by atoms with van der Waals surface area (Å²) < 4.78 is 1.89. The number of hydrogen-bond acceptors (Lipinski definition) is 4. The van der Waals surface area contributed by atoms with Gasteiger partial charge in [-0.15, -0.1) is 0 Å². The van der Waals surface area contributed by atoms with Crippen molar-refractivity contribution in [2.45, 2.75) is 13.0 Å². The Morgan fingerprint density at radius 1 is 1.20 bits per heavy atom. The van der Waals surface area contributed by atoms with E-state index in [9.17, 15) is 4.79 Å². The first-order valence-corrected chi connectivity index (χ1v) is 6.65. The summed E-state index contributed by atoms with van der Waals surface area (Å²) in [5.74, 6) is 0.881. The van der Waals surface area contributed by atoms with Gasteiger partial charge in [-0.25, -0.2) is 9.67 Å². The lowest BCUT2D eigenvalue weighted by Gasteiger charge is -2.15. The molecule has 6 nitrogen and oxygen atoms in total. The molecule has 2 aromatic rings. The Morgan fingerprint density at radius 3 is 2.75 bits per heavy atom. The maximum absolute atomic E-state index is 10.8. The van der Waals surface area contributed by atoms with Crippen LogP contribution in [0.4, 0.5) is 0 Å². The molecule has 2 heterocycles. The first-order valence-electron chi connectivity index (χ1n) is 6.65. The summed E-state index contributed by atoms with van der Waals surface area (Å²) in [6.45, 7) is 2.16. The molecule has 6 heteroatoms. The predicted octanol–water partition coefficient (Wildman–Crippen LogP) is 0.888. The minimum atomic E-state index is -0.789. The van der Waals surface area contributed by atoms with Gasteiger partial charge in [0.2, 0.25) is 0 Å². The zero-order chi connectivity index (χ0) is 13.9. The Balaban J connectivity index is 1.77. The lowest BCUT2D eigenvalue weighted by molar-refractivity contribution is -0.138. The Labute approximate surface area is 116 Å². The average molecular weight is 272 g/mol. The zero-order valence-electron chi connectivity index (χ0n) is 11.1. The molecule has 0 bridgehead atoms. The molecule has 104 valence electrons. The van der Waals surface area contributed by atoms with Gasteiger partial charge in [-0.3, -0.25) is 9.69 Å². The van der Waals surface area contributed by atoms with Gasteiger partial charge >= 0.3 is 5.97 Å². The number of benzene rings is 1. The van der Waals surface area contributed by atoms with Crippen molar-refractivity contribution in [1.82, 2.24) is 19.7 Å². The van der Waals surface area contributed by atoms with Gasteiger partial charge in [-0.05, 0) is 0 Å². The van der Waals surface area contributed by atoms with Crippen molar-refractivity contribution in [2.75, 3.05) is 19.6 Å². The molecule has 1 N–H and O–H groups in total. The number of carboxylic acid groups (broad SMARTS) is 1. The number of aliphatic carboxylic acids is 1. The van der Waals surface area contributed by atoms with E-state index in [1.807, 2.05) is 39.9 Å². The van der Waals surface area contributed by atoms with Crippen LogP contribution in [0.15, 0.2) is 30.3 Å². The summed E-state index contributed by atoms with van der Waals surface area (Å²) in [5, 5.41) is 13.4. The maximum atomic E-state index is 10.8. The largest absolute Gasteiger partial charge is 0.480 e. The highest BCUT2D eigenvalue weighted by atomic mass is 16.4. The second kappa shape index (κ2) is 5.42. The van der Waals surface area contributed by atoms with Crippen molar-refractivity contribution in [2.24, 2.45) is 0 Å². The van der Waals surface area contributed by atoms with Crippen molar-refractivity contribution in [3.05, 3.63) is 36.2 Å². The molecule has 0 radical (unpaired) electrons. The Kier molecular flexibility index (Phi) is 3.47. The van der Waals surface area contributed by atoms with Crippen molar-refractivity contribution in [3.63, 3.8) is 0 Å². The summed E-state index contributed by atoms with van der Waals surface area (Å²) in [4.78, 5) is 17.2. The minimum absolute atomic E-state index is 0.0797. The molecule has 0 atom stereocenters. The Hall–Kier alpha value is -2.21. The van der Waals surface area contributed by atoms with Crippen LogP contribution in [0.2, 0.25) is 0 Å². The highest BCUT2D eigenvalue weighted by Gasteiger charge is 2.19. The molecule has 20 heavy (non-hydrogen) atoms. The minimum Gasteiger partial charge on any atom is -0.480 e. The number of aromatic nitrogens is 3. The summed E-state index contributed by atoms with van der Waals surface area (Å²) in [7, 11) is 0. The summed E-state index contributed by atoms with van der Waals surface area (Å²) >= 11 is 0.